The van der Waals surface area contributed by atoms with Crippen molar-refractivity contribution < 1.29 is 18.0 Å². The second-order valence-electron chi connectivity index (χ2n) is 3.45. The lowest BCUT2D eigenvalue weighted by Gasteiger charge is -2.14. The number of sulfone groups is 1. The molecule has 0 aromatic carbocycles. The molecule has 18 heavy (non-hydrogen) atoms. The molecule has 1 N–H and O–H groups in total. The molecule has 0 fully saturated rings. The number of amides is 2. The van der Waals surface area contributed by atoms with Gasteiger partial charge in [-0.05, 0) is 0 Å². The molecule has 0 bridgehead atoms. The zero-order valence-electron chi connectivity index (χ0n) is 9.78. The van der Waals surface area contributed by atoms with E-state index < -0.39 is 15.9 Å². The van der Waals surface area contributed by atoms with E-state index in [9.17, 15) is 18.0 Å². The van der Waals surface area contributed by atoms with Crippen molar-refractivity contribution >= 4 is 38.6 Å². The van der Waals surface area contributed by atoms with Crippen LogP contribution in [0.4, 0.5) is 9.93 Å². The summed E-state index contributed by atoms with van der Waals surface area (Å²) in [7, 11) is -1.91. The Balaban J connectivity index is 2.65. The Bertz CT molecular complexity index is 539. The van der Waals surface area contributed by atoms with Crippen LogP contribution in [-0.2, 0) is 14.6 Å². The number of aldehydes is 1. The summed E-state index contributed by atoms with van der Waals surface area (Å²) in [4.78, 5) is 23.0. The van der Waals surface area contributed by atoms with Crippen LogP contribution in [0.15, 0.2) is 4.34 Å². The van der Waals surface area contributed by atoms with Gasteiger partial charge >= 0.3 is 6.03 Å². The molecule has 0 unspecified atom stereocenters. The lowest BCUT2D eigenvalue weighted by Crippen LogP contribution is -2.32. The summed E-state index contributed by atoms with van der Waals surface area (Å²) < 4.78 is 22.1. The van der Waals surface area contributed by atoms with Gasteiger partial charge in [-0.15, -0.1) is 10.2 Å². The highest BCUT2D eigenvalue weighted by Crippen LogP contribution is 2.19. The third-order valence-corrected chi connectivity index (χ3v) is 4.37. The summed E-state index contributed by atoms with van der Waals surface area (Å²) in [5.41, 5.74) is 0. The van der Waals surface area contributed by atoms with E-state index in [1.165, 1.54) is 11.9 Å². The lowest BCUT2D eigenvalue weighted by molar-refractivity contribution is -0.107. The number of anilines is 1. The molecule has 0 saturated carbocycles. The van der Waals surface area contributed by atoms with E-state index in [2.05, 4.69) is 15.5 Å². The fraction of sp³-hybridized carbons (Fsp3) is 0.500. The zero-order valence-corrected chi connectivity index (χ0v) is 11.4. The molecule has 1 aromatic rings. The fourth-order valence-corrected chi connectivity index (χ4v) is 2.44. The van der Waals surface area contributed by atoms with Gasteiger partial charge in [-0.3, -0.25) is 5.32 Å². The second-order valence-corrected chi connectivity index (χ2v) is 6.62. The SMILES string of the molecule is CN(CCC=O)C(=O)Nc1nnc(S(C)(=O)=O)s1. The molecule has 0 aliphatic rings. The molecule has 0 saturated heterocycles. The van der Waals surface area contributed by atoms with E-state index in [-0.39, 0.29) is 22.4 Å². The largest absolute Gasteiger partial charge is 0.327 e. The van der Waals surface area contributed by atoms with Gasteiger partial charge in [0.25, 0.3) is 0 Å². The van der Waals surface area contributed by atoms with Gasteiger partial charge in [-0.2, -0.15) is 0 Å². The maximum atomic E-state index is 11.6. The van der Waals surface area contributed by atoms with Gasteiger partial charge in [0.2, 0.25) is 19.3 Å². The van der Waals surface area contributed by atoms with Crippen molar-refractivity contribution in [2.45, 2.75) is 10.8 Å². The standard InChI is InChI=1S/C8H12N4O4S2/c1-12(4-3-5-13)7(14)9-6-10-11-8(17-6)18(2,15)16/h5H,3-4H2,1-2H3,(H,9,10,14). The molecule has 0 radical (unpaired) electrons. The molecular weight excluding hydrogens is 280 g/mol. The topological polar surface area (TPSA) is 109 Å². The van der Waals surface area contributed by atoms with Gasteiger partial charge in [0, 0.05) is 26.3 Å². The Morgan fingerprint density at radius 2 is 2.17 bits per heavy atom. The van der Waals surface area contributed by atoms with E-state index in [4.69, 9.17) is 0 Å². The predicted molar refractivity (Wildman–Crippen MR) is 65.3 cm³/mol. The number of hydrogen-bond donors (Lipinski definition) is 1. The maximum Gasteiger partial charge on any atom is 0.323 e. The highest BCUT2D eigenvalue weighted by Gasteiger charge is 2.16. The minimum atomic E-state index is -3.42. The third-order valence-electron chi connectivity index (χ3n) is 1.87. The fourth-order valence-electron chi connectivity index (χ4n) is 0.945. The summed E-state index contributed by atoms with van der Waals surface area (Å²) in [5, 5.41) is 9.49. The molecule has 8 nitrogen and oxygen atoms in total. The van der Waals surface area contributed by atoms with Gasteiger partial charge < -0.3 is 9.69 Å². The predicted octanol–water partition coefficient (Wildman–Crippen LogP) is -0.00570. The quantitative estimate of drug-likeness (QED) is 0.604. The van der Waals surface area contributed by atoms with Crippen LogP contribution in [0.5, 0.6) is 0 Å². The van der Waals surface area contributed by atoms with E-state index in [0.29, 0.717) is 6.29 Å². The Labute approximate surface area is 108 Å². The normalized spacial score (nSPS) is 11.0. The Morgan fingerprint density at radius 3 is 2.67 bits per heavy atom. The lowest BCUT2D eigenvalue weighted by atomic mass is 10.4. The highest BCUT2D eigenvalue weighted by atomic mass is 32.2. The molecule has 0 spiro atoms. The minimum absolute atomic E-state index is 0.0957. The summed E-state index contributed by atoms with van der Waals surface area (Å²) in [6, 6.07) is -0.479. The molecule has 1 rings (SSSR count). The molecule has 1 aromatic heterocycles. The molecular formula is C8H12N4O4S2. The van der Waals surface area contributed by atoms with Crippen LogP contribution < -0.4 is 5.32 Å². The Hall–Kier alpha value is -1.55. The van der Waals surface area contributed by atoms with Crippen LogP contribution >= 0.6 is 11.3 Å². The molecule has 0 atom stereocenters. The number of rotatable bonds is 5. The Kier molecular flexibility index (Phi) is 4.73. The average molecular weight is 292 g/mol. The summed E-state index contributed by atoms with van der Waals surface area (Å²) in [6.07, 6.45) is 1.94. The molecule has 10 heteroatoms. The minimum Gasteiger partial charge on any atom is -0.327 e. The first-order valence-corrected chi connectivity index (χ1v) is 7.54. The number of nitrogens with zero attached hydrogens (tertiary/aromatic N) is 3. The van der Waals surface area contributed by atoms with E-state index in [1.54, 1.807) is 0 Å². The van der Waals surface area contributed by atoms with Gasteiger partial charge in [0.15, 0.2) is 0 Å². The average Bonchev–Trinajstić information content (AvgIpc) is 2.73. The van der Waals surface area contributed by atoms with Gasteiger partial charge in [-0.1, -0.05) is 11.3 Å². The zero-order chi connectivity index (χ0) is 13.8. The van der Waals surface area contributed by atoms with E-state index >= 15 is 0 Å². The highest BCUT2D eigenvalue weighted by molar-refractivity contribution is 7.92. The first-order chi connectivity index (χ1) is 8.34. The van der Waals surface area contributed by atoms with E-state index in [0.717, 1.165) is 17.6 Å². The first-order valence-electron chi connectivity index (χ1n) is 4.84. The van der Waals surface area contributed by atoms with Gasteiger partial charge in [0.1, 0.15) is 6.29 Å². The van der Waals surface area contributed by atoms with Crippen LogP contribution in [0, 0.1) is 0 Å². The molecule has 1 heterocycles. The molecule has 0 aliphatic carbocycles. The van der Waals surface area contributed by atoms with Crippen molar-refractivity contribution in [3.8, 4) is 0 Å². The monoisotopic (exact) mass is 292 g/mol. The van der Waals surface area contributed by atoms with Crippen molar-refractivity contribution in [1.29, 1.82) is 0 Å². The Morgan fingerprint density at radius 1 is 1.50 bits per heavy atom. The van der Waals surface area contributed by atoms with Crippen molar-refractivity contribution in [2.75, 3.05) is 25.2 Å². The summed E-state index contributed by atoms with van der Waals surface area (Å²) in [6.45, 7) is 0.271. The molecule has 0 aliphatic heterocycles. The van der Waals surface area contributed by atoms with Crippen molar-refractivity contribution in [2.24, 2.45) is 0 Å². The number of aromatic nitrogens is 2. The molecule has 100 valence electrons. The summed E-state index contributed by atoms with van der Waals surface area (Å²) in [5.74, 6) is 0. The number of carbonyl (C=O) groups is 2. The smallest absolute Gasteiger partial charge is 0.323 e. The molecule has 2 amide bonds. The van der Waals surface area contributed by atoms with Crippen LogP contribution in [0.2, 0.25) is 0 Å². The number of nitrogens with one attached hydrogen (secondary N) is 1. The van der Waals surface area contributed by atoms with Crippen molar-refractivity contribution in [1.82, 2.24) is 15.1 Å². The third kappa shape index (κ3) is 4.04. The number of carbonyl (C=O) groups excluding carboxylic acids is 2. The van der Waals surface area contributed by atoms with Gasteiger partial charge in [-0.25, -0.2) is 13.2 Å². The van der Waals surface area contributed by atoms with Crippen LogP contribution in [-0.4, -0.2) is 55.7 Å². The van der Waals surface area contributed by atoms with Crippen molar-refractivity contribution in [3.63, 3.8) is 0 Å². The number of urea groups is 1. The van der Waals surface area contributed by atoms with Crippen LogP contribution in [0.1, 0.15) is 6.42 Å². The first kappa shape index (κ1) is 14.5. The second kappa shape index (κ2) is 5.87. The number of hydrogen-bond acceptors (Lipinski definition) is 7. The van der Waals surface area contributed by atoms with Crippen LogP contribution in [0.25, 0.3) is 0 Å². The maximum absolute atomic E-state index is 11.6. The van der Waals surface area contributed by atoms with E-state index in [1.807, 2.05) is 0 Å². The van der Waals surface area contributed by atoms with Crippen LogP contribution in [0.3, 0.4) is 0 Å². The summed E-state index contributed by atoms with van der Waals surface area (Å²) >= 11 is 0.771. The van der Waals surface area contributed by atoms with Gasteiger partial charge in [0.05, 0.1) is 0 Å². The van der Waals surface area contributed by atoms with Crippen molar-refractivity contribution in [3.05, 3.63) is 0 Å².